The van der Waals surface area contributed by atoms with E-state index in [0.717, 1.165) is 10.7 Å². The third-order valence-corrected chi connectivity index (χ3v) is 6.43. The molecule has 0 atom stereocenters. The molecule has 2 aromatic rings. The third kappa shape index (κ3) is 5.83. The number of benzene rings is 2. The number of amides is 3. The number of piperazine rings is 1. The van der Waals surface area contributed by atoms with Crippen LogP contribution in [-0.4, -0.2) is 56.8 Å². The van der Waals surface area contributed by atoms with Crippen LogP contribution in [0.5, 0.6) is 5.75 Å². The zero-order valence-corrected chi connectivity index (χ0v) is 18.3. The molecule has 3 rings (SSSR count). The Morgan fingerprint density at radius 2 is 1.91 bits per heavy atom. The van der Waals surface area contributed by atoms with E-state index < -0.39 is 16.0 Å². The quantitative estimate of drug-likeness (QED) is 0.424. The third-order valence-electron chi connectivity index (χ3n) is 4.57. The topological polar surface area (TPSA) is 134 Å². The number of carbonyl (C=O) groups excluding carboxylic acids is 3. The predicted molar refractivity (Wildman–Crippen MR) is 117 cm³/mol. The van der Waals surface area contributed by atoms with Crippen LogP contribution < -0.4 is 20.7 Å². The number of anilines is 1. The Bertz CT molecular complexity index is 1100. The van der Waals surface area contributed by atoms with Crippen molar-refractivity contribution in [3.8, 4) is 5.75 Å². The number of carbonyl (C=O) groups is 3. The van der Waals surface area contributed by atoms with Gasteiger partial charge in [0.05, 0.1) is 17.0 Å². The van der Waals surface area contributed by atoms with Crippen molar-refractivity contribution in [3.05, 3.63) is 54.1 Å². The summed E-state index contributed by atoms with van der Waals surface area (Å²) in [5, 5.41) is 7.90. The first-order valence-corrected chi connectivity index (χ1v) is 11.5. The first-order valence-electron chi connectivity index (χ1n) is 10.0. The van der Waals surface area contributed by atoms with E-state index in [-0.39, 0.29) is 47.8 Å². The lowest BCUT2D eigenvalue weighted by Crippen LogP contribution is -2.49. The number of hydrogen-bond donors (Lipinski definition) is 3. The minimum Gasteiger partial charge on any atom is -0.423 e. The summed E-state index contributed by atoms with van der Waals surface area (Å²) in [4.78, 5) is 35.7. The maximum atomic E-state index is 12.7. The van der Waals surface area contributed by atoms with E-state index in [1.54, 1.807) is 18.2 Å². The summed E-state index contributed by atoms with van der Waals surface area (Å²) in [5.74, 6) is -0.821. The molecule has 0 aromatic heterocycles. The van der Waals surface area contributed by atoms with E-state index in [9.17, 15) is 22.8 Å². The van der Waals surface area contributed by atoms with Gasteiger partial charge in [0, 0.05) is 31.4 Å². The van der Waals surface area contributed by atoms with Gasteiger partial charge in [0.2, 0.25) is 15.9 Å². The molecule has 1 saturated heterocycles. The van der Waals surface area contributed by atoms with Gasteiger partial charge in [-0.05, 0) is 42.8 Å². The van der Waals surface area contributed by atoms with Gasteiger partial charge >= 0.3 is 12.0 Å². The monoisotopic (exact) mass is 460 g/mol. The van der Waals surface area contributed by atoms with Crippen LogP contribution in [0.3, 0.4) is 0 Å². The number of esters is 1. The fourth-order valence-corrected chi connectivity index (χ4v) is 4.35. The average molecular weight is 461 g/mol. The molecule has 0 radical (unpaired) electrons. The lowest BCUT2D eigenvalue weighted by molar-refractivity contribution is -0.122. The minimum absolute atomic E-state index is 0.0203. The Kier molecular flexibility index (Phi) is 7.44. The lowest BCUT2D eigenvalue weighted by Gasteiger charge is -2.25. The van der Waals surface area contributed by atoms with Gasteiger partial charge in [-0.15, -0.1) is 0 Å². The number of sulfonamides is 1. The van der Waals surface area contributed by atoms with Crippen LogP contribution in [0.15, 0.2) is 53.4 Å². The lowest BCUT2D eigenvalue weighted by atomic mass is 10.2. The van der Waals surface area contributed by atoms with E-state index >= 15 is 0 Å². The van der Waals surface area contributed by atoms with Gasteiger partial charge in [-0.1, -0.05) is 13.0 Å². The fourth-order valence-electron chi connectivity index (χ4n) is 2.95. The predicted octanol–water partition coefficient (Wildman–Crippen LogP) is 1.56. The van der Waals surface area contributed by atoms with Crippen molar-refractivity contribution in [2.45, 2.75) is 18.2 Å². The molecule has 0 saturated carbocycles. The molecule has 32 heavy (non-hydrogen) atoms. The second-order valence-corrected chi connectivity index (χ2v) is 8.95. The second-order valence-electron chi connectivity index (χ2n) is 7.01. The molecule has 0 unspecified atom stereocenters. The van der Waals surface area contributed by atoms with E-state index in [1.165, 1.54) is 30.3 Å². The highest BCUT2D eigenvalue weighted by molar-refractivity contribution is 7.89. The van der Waals surface area contributed by atoms with Crippen molar-refractivity contribution in [2.24, 2.45) is 0 Å². The SMILES string of the molecule is CCCNC(=O)Nc1cccc(OC(=O)c2ccc(S(=O)(=O)N3CCNC(=O)C3)cc2)c1. The number of rotatable bonds is 7. The van der Waals surface area contributed by atoms with Gasteiger partial charge in [0.15, 0.2) is 0 Å². The van der Waals surface area contributed by atoms with Crippen molar-refractivity contribution >= 4 is 33.6 Å². The number of ether oxygens (including phenoxy) is 1. The number of nitrogens with one attached hydrogen (secondary N) is 3. The summed E-state index contributed by atoms with van der Waals surface area (Å²) in [5.41, 5.74) is 0.607. The Labute approximate surface area is 186 Å². The van der Waals surface area contributed by atoms with Crippen molar-refractivity contribution in [1.29, 1.82) is 0 Å². The molecule has 170 valence electrons. The summed E-state index contributed by atoms with van der Waals surface area (Å²) in [6.07, 6.45) is 0.804. The molecule has 0 bridgehead atoms. The maximum absolute atomic E-state index is 12.7. The molecule has 11 heteroatoms. The normalized spacial score (nSPS) is 14.3. The molecule has 3 N–H and O–H groups in total. The summed E-state index contributed by atoms with van der Waals surface area (Å²) < 4.78 is 31.8. The first kappa shape index (κ1) is 23.2. The van der Waals surface area contributed by atoms with Crippen LogP contribution >= 0.6 is 0 Å². The average Bonchev–Trinajstić information content (AvgIpc) is 2.78. The van der Waals surface area contributed by atoms with Gasteiger partial charge in [0.25, 0.3) is 0 Å². The highest BCUT2D eigenvalue weighted by atomic mass is 32.2. The van der Waals surface area contributed by atoms with Crippen molar-refractivity contribution in [3.63, 3.8) is 0 Å². The van der Waals surface area contributed by atoms with Crippen molar-refractivity contribution in [2.75, 3.05) is 31.5 Å². The molecule has 2 aromatic carbocycles. The number of nitrogens with zero attached hydrogens (tertiary/aromatic N) is 1. The van der Waals surface area contributed by atoms with Gasteiger partial charge in [0.1, 0.15) is 5.75 Å². The molecule has 0 spiro atoms. The number of urea groups is 1. The zero-order valence-electron chi connectivity index (χ0n) is 17.5. The number of hydrogen-bond acceptors (Lipinski definition) is 6. The molecule has 10 nitrogen and oxygen atoms in total. The zero-order chi connectivity index (χ0) is 23.1. The van der Waals surface area contributed by atoms with Crippen molar-refractivity contribution < 1.29 is 27.5 Å². The molecular weight excluding hydrogens is 436 g/mol. The Hall–Kier alpha value is -3.44. The Balaban J connectivity index is 1.65. The summed E-state index contributed by atoms with van der Waals surface area (Å²) in [6, 6.07) is 11.3. The summed E-state index contributed by atoms with van der Waals surface area (Å²) >= 11 is 0. The maximum Gasteiger partial charge on any atom is 0.343 e. The van der Waals surface area contributed by atoms with Crippen molar-refractivity contribution in [1.82, 2.24) is 14.9 Å². The summed E-state index contributed by atoms with van der Waals surface area (Å²) in [7, 11) is -3.85. The van der Waals surface area contributed by atoms with E-state index in [2.05, 4.69) is 16.0 Å². The highest BCUT2D eigenvalue weighted by Gasteiger charge is 2.29. The van der Waals surface area contributed by atoms with Crippen LogP contribution in [-0.2, 0) is 14.8 Å². The van der Waals surface area contributed by atoms with E-state index in [0.29, 0.717) is 12.2 Å². The second kappa shape index (κ2) is 10.2. The van der Waals surface area contributed by atoms with Crippen LogP contribution in [0, 0.1) is 0 Å². The Morgan fingerprint density at radius 1 is 1.16 bits per heavy atom. The van der Waals surface area contributed by atoms with Crippen LogP contribution in [0.4, 0.5) is 10.5 Å². The van der Waals surface area contributed by atoms with Crippen LogP contribution in [0.25, 0.3) is 0 Å². The first-order chi connectivity index (χ1) is 15.3. The van der Waals surface area contributed by atoms with E-state index in [1.807, 2.05) is 6.92 Å². The molecule has 1 heterocycles. The minimum atomic E-state index is -3.85. The standard InChI is InChI=1S/C21H24N4O6S/c1-2-10-23-21(28)24-16-4-3-5-17(13-16)31-20(27)15-6-8-18(9-7-15)32(29,30)25-12-11-22-19(26)14-25/h3-9,13H,2,10-12,14H2,1H3,(H,22,26)(H2,23,24,28). The molecule has 0 aliphatic carbocycles. The fraction of sp³-hybridized carbons (Fsp3) is 0.286. The smallest absolute Gasteiger partial charge is 0.343 e. The highest BCUT2D eigenvalue weighted by Crippen LogP contribution is 2.21. The molecular formula is C21H24N4O6S. The molecule has 1 aliphatic heterocycles. The molecule has 1 fully saturated rings. The molecule has 3 amide bonds. The van der Waals surface area contributed by atoms with Gasteiger partial charge in [-0.2, -0.15) is 4.31 Å². The largest absolute Gasteiger partial charge is 0.423 e. The van der Waals surface area contributed by atoms with Crippen LogP contribution in [0.2, 0.25) is 0 Å². The van der Waals surface area contributed by atoms with Crippen LogP contribution in [0.1, 0.15) is 23.7 Å². The van der Waals surface area contributed by atoms with E-state index in [4.69, 9.17) is 4.74 Å². The summed E-state index contributed by atoms with van der Waals surface area (Å²) in [6.45, 7) is 2.66. The van der Waals surface area contributed by atoms with Gasteiger partial charge in [-0.25, -0.2) is 18.0 Å². The van der Waals surface area contributed by atoms with Gasteiger partial charge in [-0.3, -0.25) is 4.79 Å². The Morgan fingerprint density at radius 3 is 2.59 bits per heavy atom. The molecule has 1 aliphatic rings. The van der Waals surface area contributed by atoms with Gasteiger partial charge < -0.3 is 20.7 Å².